The zero-order valence-electron chi connectivity index (χ0n) is 14.1. The summed E-state index contributed by atoms with van der Waals surface area (Å²) in [4.78, 5) is 18.5. The minimum Gasteiger partial charge on any atom is -0.378 e. The smallest absolute Gasteiger partial charge is 0.378 e. The number of rotatable bonds is 6. The SMILES string of the molecule is CN(C)c1ccc(NC(=O)CSc2nc[nH][n+]2-c2ccccc2)cc1. The third-order valence-corrected chi connectivity index (χ3v) is 4.52. The van der Waals surface area contributed by atoms with Gasteiger partial charge in [0.25, 0.3) is 0 Å². The fourth-order valence-electron chi connectivity index (χ4n) is 2.29. The molecular formula is C18H20N5OS+. The Hall–Kier alpha value is -2.80. The van der Waals surface area contributed by atoms with Gasteiger partial charge < -0.3 is 10.2 Å². The van der Waals surface area contributed by atoms with Gasteiger partial charge in [0, 0.05) is 25.5 Å². The van der Waals surface area contributed by atoms with E-state index in [-0.39, 0.29) is 11.7 Å². The maximum atomic E-state index is 12.2. The van der Waals surface area contributed by atoms with E-state index < -0.39 is 0 Å². The fraction of sp³-hybridized carbons (Fsp3) is 0.167. The van der Waals surface area contributed by atoms with Crippen molar-refractivity contribution in [3.63, 3.8) is 0 Å². The summed E-state index contributed by atoms with van der Waals surface area (Å²) in [6.07, 6.45) is 1.62. The molecule has 1 amide bonds. The molecule has 2 N–H and O–H groups in total. The van der Waals surface area contributed by atoms with E-state index in [1.54, 1.807) is 6.33 Å². The Labute approximate surface area is 150 Å². The maximum absolute atomic E-state index is 12.2. The molecule has 0 spiro atoms. The first-order valence-corrected chi connectivity index (χ1v) is 8.83. The second kappa shape index (κ2) is 7.85. The van der Waals surface area contributed by atoms with Crippen LogP contribution in [-0.4, -0.2) is 35.8 Å². The molecule has 1 aromatic heterocycles. The van der Waals surface area contributed by atoms with Crippen molar-refractivity contribution in [2.24, 2.45) is 0 Å². The predicted octanol–water partition coefficient (Wildman–Crippen LogP) is 2.48. The van der Waals surface area contributed by atoms with Crippen molar-refractivity contribution in [1.82, 2.24) is 10.1 Å². The largest absolute Gasteiger partial charge is 0.385 e. The monoisotopic (exact) mass is 354 g/mol. The van der Waals surface area contributed by atoms with Gasteiger partial charge in [-0.3, -0.25) is 4.79 Å². The van der Waals surface area contributed by atoms with Crippen LogP contribution in [0.3, 0.4) is 0 Å². The number of hydrogen-bond donors (Lipinski definition) is 2. The second-order valence-corrected chi connectivity index (χ2v) is 6.56. The van der Waals surface area contributed by atoms with E-state index in [0.717, 1.165) is 22.2 Å². The number of carbonyl (C=O) groups is 1. The lowest BCUT2D eigenvalue weighted by Gasteiger charge is -2.12. The van der Waals surface area contributed by atoms with E-state index in [0.29, 0.717) is 0 Å². The van der Waals surface area contributed by atoms with E-state index in [1.165, 1.54) is 11.8 Å². The number of para-hydroxylation sites is 1. The van der Waals surface area contributed by atoms with E-state index >= 15 is 0 Å². The van der Waals surface area contributed by atoms with Crippen molar-refractivity contribution in [1.29, 1.82) is 0 Å². The molecule has 0 aliphatic carbocycles. The molecule has 0 aliphatic rings. The van der Waals surface area contributed by atoms with E-state index in [4.69, 9.17) is 0 Å². The standard InChI is InChI=1S/C18H19N5OS/c1-22(2)15-10-8-14(9-11-15)21-17(24)12-25-18-19-13-20-23(18)16-6-4-3-5-7-16/h3-11,13H,12H2,1-2H3,(H,21,24)/p+1. The zero-order chi connectivity index (χ0) is 17.6. The molecule has 0 aliphatic heterocycles. The first-order valence-electron chi connectivity index (χ1n) is 7.84. The highest BCUT2D eigenvalue weighted by molar-refractivity contribution is 7.99. The first kappa shape index (κ1) is 17.0. The summed E-state index contributed by atoms with van der Waals surface area (Å²) in [5.74, 6) is 0.220. The normalized spacial score (nSPS) is 10.5. The Morgan fingerprint density at radius 2 is 1.88 bits per heavy atom. The minimum absolute atomic E-state index is 0.0646. The summed E-state index contributed by atoms with van der Waals surface area (Å²) in [6.45, 7) is 0. The van der Waals surface area contributed by atoms with Crippen LogP contribution in [0.5, 0.6) is 0 Å². The fourth-order valence-corrected chi connectivity index (χ4v) is 3.04. The van der Waals surface area contributed by atoms with Crippen LogP contribution in [0.4, 0.5) is 11.4 Å². The highest BCUT2D eigenvalue weighted by atomic mass is 32.2. The number of anilines is 2. The van der Waals surface area contributed by atoms with Crippen molar-refractivity contribution in [3.8, 4) is 5.69 Å². The van der Waals surface area contributed by atoms with Gasteiger partial charge in [-0.15, -0.1) is 4.68 Å². The number of nitrogens with one attached hydrogen (secondary N) is 2. The number of amides is 1. The molecule has 0 radical (unpaired) electrons. The summed E-state index contributed by atoms with van der Waals surface area (Å²) < 4.78 is 1.85. The number of aromatic nitrogens is 3. The Balaban J connectivity index is 1.59. The van der Waals surface area contributed by atoms with Crippen molar-refractivity contribution >= 4 is 29.0 Å². The lowest BCUT2D eigenvalue weighted by atomic mass is 10.2. The zero-order valence-corrected chi connectivity index (χ0v) is 15.0. The topological polar surface area (TPSA) is 64.9 Å². The molecule has 7 heteroatoms. The third kappa shape index (κ3) is 4.39. The molecule has 3 aromatic rings. The van der Waals surface area contributed by atoms with Gasteiger partial charge in [0.05, 0.1) is 5.75 Å². The number of nitrogens with zero attached hydrogens (tertiary/aromatic N) is 3. The van der Waals surface area contributed by atoms with Gasteiger partial charge in [-0.25, -0.2) is 0 Å². The van der Waals surface area contributed by atoms with Gasteiger partial charge in [-0.05, 0) is 53.1 Å². The van der Waals surface area contributed by atoms with Gasteiger partial charge in [-0.1, -0.05) is 18.2 Å². The van der Waals surface area contributed by atoms with E-state index in [9.17, 15) is 4.79 Å². The average molecular weight is 354 g/mol. The number of aromatic amines is 1. The molecule has 0 saturated carbocycles. The summed E-state index contributed by atoms with van der Waals surface area (Å²) in [7, 11) is 3.96. The van der Waals surface area contributed by atoms with Crippen LogP contribution in [0.25, 0.3) is 5.69 Å². The molecule has 128 valence electrons. The lowest BCUT2D eigenvalue weighted by molar-refractivity contribution is -0.694. The van der Waals surface area contributed by atoms with Crippen molar-refractivity contribution in [2.45, 2.75) is 5.16 Å². The number of carbonyl (C=O) groups excluding carboxylic acids is 1. The molecule has 0 bridgehead atoms. The summed E-state index contributed by atoms with van der Waals surface area (Å²) in [6, 6.07) is 17.6. The molecule has 6 nitrogen and oxygen atoms in total. The van der Waals surface area contributed by atoms with Gasteiger partial charge in [0.2, 0.25) is 12.2 Å². The minimum atomic E-state index is -0.0646. The summed E-state index contributed by atoms with van der Waals surface area (Å²) in [5, 5.41) is 6.70. The van der Waals surface area contributed by atoms with E-state index in [1.807, 2.05) is 78.3 Å². The van der Waals surface area contributed by atoms with Crippen LogP contribution < -0.4 is 14.9 Å². The Morgan fingerprint density at radius 1 is 1.16 bits per heavy atom. The van der Waals surface area contributed by atoms with Gasteiger partial charge in [-0.2, -0.15) is 5.10 Å². The quantitative estimate of drug-likeness (QED) is 0.527. The third-order valence-electron chi connectivity index (χ3n) is 3.57. The second-order valence-electron chi connectivity index (χ2n) is 5.62. The van der Waals surface area contributed by atoms with Crippen LogP contribution in [-0.2, 0) is 4.79 Å². The Kier molecular flexibility index (Phi) is 5.35. The van der Waals surface area contributed by atoms with Crippen LogP contribution in [0, 0.1) is 0 Å². The average Bonchev–Trinajstić information content (AvgIpc) is 3.10. The Morgan fingerprint density at radius 3 is 2.56 bits per heavy atom. The van der Waals surface area contributed by atoms with Gasteiger partial charge in [0.1, 0.15) is 0 Å². The Bertz CT molecular complexity index is 830. The highest BCUT2D eigenvalue weighted by Gasteiger charge is 2.18. The molecule has 0 fully saturated rings. The molecule has 0 saturated heterocycles. The molecule has 2 aromatic carbocycles. The first-order chi connectivity index (χ1) is 12.1. The number of hydrogen-bond acceptors (Lipinski definition) is 4. The molecular weight excluding hydrogens is 334 g/mol. The summed E-state index contributed by atoms with van der Waals surface area (Å²) in [5.41, 5.74) is 2.85. The highest BCUT2D eigenvalue weighted by Crippen LogP contribution is 2.17. The van der Waals surface area contributed by atoms with Crippen molar-refractivity contribution < 1.29 is 9.48 Å². The number of H-pyrrole nitrogens is 1. The van der Waals surface area contributed by atoms with Gasteiger partial charge in [0.15, 0.2) is 5.69 Å². The molecule has 0 atom stereocenters. The predicted molar refractivity (Wildman–Crippen MR) is 100 cm³/mol. The van der Waals surface area contributed by atoms with Crippen molar-refractivity contribution in [3.05, 3.63) is 60.9 Å². The molecule has 0 unspecified atom stereocenters. The lowest BCUT2D eigenvalue weighted by Crippen LogP contribution is -2.35. The number of benzene rings is 2. The van der Waals surface area contributed by atoms with Crippen LogP contribution in [0.15, 0.2) is 66.1 Å². The van der Waals surface area contributed by atoms with E-state index in [2.05, 4.69) is 15.4 Å². The van der Waals surface area contributed by atoms with Gasteiger partial charge >= 0.3 is 5.16 Å². The molecule has 25 heavy (non-hydrogen) atoms. The van der Waals surface area contributed by atoms with Crippen LogP contribution >= 0.6 is 11.8 Å². The van der Waals surface area contributed by atoms with Crippen LogP contribution in [0.1, 0.15) is 0 Å². The molecule has 1 heterocycles. The van der Waals surface area contributed by atoms with Crippen LogP contribution in [0.2, 0.25) is 0 Å². The molecule has 3 rings (SSSR count). The summed E-state index contributed by atoms with van der Waals surface area (Å²) >= 11 is 1.38. The maximum Gasteiger partial charge on any atom is 0.385 e. The van der Waals surface area contributed by atoms with Crippen molar-refractivity contribution in [2.75, 3.05) is 30.1 Å². The number of thioether (sulfide) groups is 1.